The van der Waals surface area contributed by atoms with Crippen LogP contribution in [-0.4, -0.2) is 32.2 Å². The quantitative estimate of drug-likeness (QED) is 0.444. The van der Waals surface area contributed by atoms with Gasteiger partial charge in [-0.1, -0.05) is 6.42 Å². The van der Waals surface area contributed by atoms with Gasteiger partial charge < -0.3 is 15.8 Å². The number of ether oxygens (including phenoxy) is 1. The first-order valence-corrected chi connectivity index (χ1v) is 4.80. The van der Waals surface area contributed by atoms with E-state index in [4.69, 9.17) is 10.5 Å². The zero-order chi connectivity index (χ0) is 10.1. The van der Waals surface area contributed by atoms with Crippen LogP contribution in [0.5, 0.6) is 0 Å². The SMILES string of the molecule is CCOC(=O)[C@H](CCCCN)NC. The Bertz CT molecular complexity index is 140. The first-order valence-electron chi connectivity index (χ1n) is 4.80. The number of carbonyl (C=O) groups is 1. The topological polar surface area (TPSA) is 64.3 Å². The fraction of sp³-hybridized carbons (Fsp3) is 0.889. The van der Waals surface area contributed by atoms with E-state index in [1.165, 1.54) is 0 Å². The molecule has 0 saturated heterocycles. The van der Waals surface area contributed by atoms with Crippen molar-refractivity contribution in [2.75, 3.05) is 20.2 Å². The lowest BCUT2D eigenvalue weighted by Crippen LogP contribution is -2.35. The van der Waals surface area contributed by atoms with E-state index in [1.807, 2.05) is 6.92 Å². The molecule has 0 aromatic carbocycles. The minimum atomic E-state index is -0.175. The fourth-order valence-electron chi connectivity index (χ4n) is 1.12. The Morgan fingerprint density at radius 2 is 2.23 bits per heavy atom. The minimum absolute atomic E-state index is 0.165. The van der Waals surface area contributed by atoms with Crippen molar-refractivity contribution in [2.45, 2.75) is 32.2 Å². The third-order valence-electron chi connectivity index (χ3n) is 1.87. The van der Waals surface area contributed by atoms with E-state index >= 15 is 0 Å². The van der Waals surface area contributed by atoms with Gasteiger partial charge in [0.2, 0.25) is 0 Å². The molecule has 3 N–H and O–H groups in total. The normalized spacial score (nSPS) is 12.5. The maximum atomic E-state index is 11.3. The summed E-state index contributed by atoms with van der Waals surface area (Å²) in [6, 6.07) is -0.175. The molecule has 4 heteroatoms. The zero-order valence-corrected chi connectivity index (χ0v) is 8.51. The molecule has 0 amide bonds. The van der Waals surface area contributed by atoms with Crippen LogP contribution in [0.15, 0.2) is 0 Å². The summed E-state index contributed by atoms with van der Waals surface area (Å²) >= 11 is 0. The van der Waals surface area contributed by atoms with Crippen LogP contribution in [0.2, 0.25) is 0 Å². The molecule has 0 aliphatic heterocycles. The lowest BCUT2D eigenvalue weighted by atomic mass is 10.1. The molecule has 0 spiro atoms. The van der Waals surface area contributed by atoms with E-state index in [9.17, 15) is 4.79 Å². The Morgan fingerprint density at radius 3 is 2.69 bits per heavy atom. The van der Waals surface area contributed by atoms with Crippen molar-refractivity contribution in [1.29, 1.82) is 0 Å². The lowest BCUT2D eigenvalue weighted by molar-refractivity contribution is -0.145. The van der Waals surface area contributed by atoms with Crippen LogP contribution in [0.1, 0.15) is 26.2 Å². The number of hydrogen-bond donors (Lipinski definition) is 2. The molecule has 0 aromatic heterocycles. The third kappa shape index (κ3) is 5.60. The predicted octanol–water partition coefficient (Wildman–Crippen LogP) is 0.267. The standard InChI is InChI=1S/C9H20N2O2/c1-3-13-9(12)8(11-2)6-4-5-7-10/h8,11H,3-7,10H2,1-2H3/t8-/m0/s1. The summed E-state index contributed by atoms with van der Waals surface area (Å²) in [6.07, 6.45) is 2.71. The molecule has 0 aliphatic rings. The first-order chi connectivity index (χ1) is 6.26. The average molecular weight is 188 g/mol. The fourth-order valence-corrected chi connectivity index (χ4v) is 1.12. The van der Waals surface area contributed by atoms with Crippen LogP contribution in [0.4, 0.5) is 0 Å². The summed E-state index contributed by atoms with van der Waals surface area (Å²) in [4.78, 5) is 11.3. The van der Waals surface area contributed by atoms with Gasteiger partial charge in [0.25, 0.3) is 0 Å². The minimum Gasteiger partial charge on any atom is -0.465 e. The van der Waals surface area contributed by atoms with Gasteiger partial charge in [0.05, 0.1) is 6.61 Å². The van der Waals surface area contributed by atoms with Gasteiger partial charge in [0.15, 0.2) is 0 Å². The van der Waals surface area contributed by atoms with Crippen LogP contribution in [0, 0.1) is 0 Å². The summed E-state index contributed by atoms with van der Waals surface area (Å²) in [5.74, 6) is -0.165. The second kappa shape index (κ2) is 8.01. The van der Waals surface area contributed by atoms with Crippen LogP contribution >= 0.6 is 0 Å². The lowest BCUT2D eigenvalue weighted by Gasteiger charge is -2.13. The number of likely N-dealkylation sites (N-methyl/N-ethyl adjacent to an activating group) is 1. The van der Waals surface area contributed by atoms with Crippen molar-refractivity contribution in [1.82, 2.24) is 5.32 Å². The van der Waals surface area contributed by atoms with Crippen molar-refractivity contribution in [3.05, 3.63) is 0 Å². The summed E-state index contributed by atoms with van der Waals surface area (Å²) in [5, 5.41) is 2.93. The maximum Gasteiger partial charge on any atom is 0.323 e. The summed E-state index contributed by atoms with van der Waals surface area (Å²) in [6.45, 7) is 2.93. The van der Waals surface area contributed by atoms with Crippen molar-refractivity contribution in [3.8, 4) is 0 Å². The highest BCUT2D eigenvalue weighted by Gasteiger charge is 2.16. The second-order valence-corrected chi connectivity index (χ2v) is 2.88. The molecule has 1 atom stereocenters. The molecule has 0 unspecified atom stereocenters. The van der Waals surface area contributed by atoms with Gasteiger partial charge >= 0.3 is 5.97 Å². The zero-order valence-electron chi connectivity index (χ0n) is 8.51. The molecule has 0 aromatic rings. The molecular formula is C9H20N2O2. The van der Waals surface area contributed by atoms with E-state index in [0.717, 1.165) is 19.3 Å². The molecule has 78 valence electrons. The number of rotatable bonds is 7. The van der Waals surface area contributed by atoms with Crippen molar-refractivity contribution >= 4 is 5.97 Å². The third-order valence-corrected chi connectivity index (χ3v) is 1.87. The smallest absolute Gasteiger partial charge is 0.323 e. The number of unbranched alkanes of at least 4 members (excludes halogenated alkanes) is 1. The van der Waals surface area contributed by atoms with Crippen molar-refractivity contribution < 1.29 is 9.53 Å². The second-order valence-electron chi connectivity index (χ2n) is 2.88. The van der Waals surface area contributed by atoms with Gasteiger partial charge in [-0.3, -0.25) is 4.79 Å². The van der Waals surface area contributed by atoms with E-state index in [0.29, 0.717) is 13.2 Å². The van der Waals surface area contributed by atoms with Gasteiger partial charge in [0.1, 0.15) is 6.04 Å². The number of carbonyl (C=O) groups excluding carboxylic acids is 1. The monoisotopic (exact) mass is 188 g/mol. The number of hydrogen-bond acceptors (Lipinski definition) is 4. The Kier molecular flexibility index (Phi) is 7.63. The highest BCUT2D eigenvalue weighted by Crippen LogP contribution is 2.01. The number of esters is 1. The Hall–Kier alpha value is -0.610. The summed E-state index contributed by atoms with van der Waals surface area (Å²) in [5.41, 5.74) is 5.35. The Labute approximate surface area is 79.8 Å². The molecule has 0 heterocycles. The Morgan fingerprint density at radius 1 is 1.54 bits per heavy atom. The molecule has 13 heavy (non-hydrogen) atoms. The highest BCUT2D eigenvalue weighted by molar-refractivity contribution is 5.75. The molecule has 4 nitrogen and oxygen atoms in total. The van der Waals surface area contributed by atoms with E-state index in [1.54, 1.807) is 7.05 Å². The predicted molar refractivity (Wildman–Crippen MR) is 52.4 cm³/mol. The summed E-state index contributed by atoms with van der Waals surface area (Å²) in [7, 11) is 1.77. The maximum absolute atomic E-state index is 11.3. The molecular weight excluding hydrogens is 168 g/mol. The van der Waals surface area contributed by atoms with E-state index in [-0.39, 0.29) is 12.0 Å². The van der Waals surface area contributed by atoms with E-state index < -0.39 is 0 Å². The van der Waals surface area contributed by atoms with Crippen LogP contribution in [-0.2, 0) is 9.53 Å². The Balaban J connectivity index is 3.67. The van der Waals surface area contributed by atoms with Crippen LogP contribution in [0.25, 0.3) is 0 Å². The van der Waals surface area contributed by atoms with Crippen LogP contribution < -0.4 is 11.1 Å². The number of nitrogens with two attached hydrogens (primary N) is 1. The van der Waals surface area contributed by atoms with Gasteiger partial charge in [-0.15, -0.1) is 0 Å². The molecule has 0 bridgehead atoms. The highest BCUT2D eigenvalue weighted by atomic mass is 16.5. The first kappa shape index (κ1) is 12.4. The molecule has 0 rings (SSSR count). The average Bonchev–Trinajstić information content (AvgIpc) is 2.13. The summed E-state index contributed by atoms with van der Waals surface area (Å²) < 4.78 is 4.89. The van der Waals surface area contributed by atoms with Gasteiger partial charge in [-0.2, -0.15) is 0 Å². The molecule has 0 radical (unpaired) electrons. The number of nitrogens with one attached hydrogen (secondary N) is 1. The van der Waals surface area contributed by atoms with Crippen molar-refractivity contribution in [2.24, 2.45) is 5.73 Å². The van der Waals surface area contributed by atoms with Gasteiger partial charge in [0, 0.05) is 0 Å². The van der Waals surface area contributed by atoms with Crippen LogP contribution in [0.3, 0.4) is 0 Å². The largest absolute Gasteiger partial charge is 0.465 e. The van der Waals surface area contributed by atoms with Gasteiger partial charge in [-0.25, -0.2) is 0 Å². The molecule has 0 saturated carbocycles. The van der Waals surface area contributed by atoms with Crippen molar-refractivity contribution in [3.63, 3.8) is 0 Å². The molecule has 0 fully saturated rings. The van der Waals surface area contributed by atoms with E-state index in [2.05, 4.69) is 5.32 Å². The van der Waals surface area contributed by atoms with Gasteiger partial charge in [-0.05, 0) is 33.4 Å². The molecule has 0 aliphatic carbocycles.